The molecule has 0 aromatic heterocycles. The molecule has 0 unspecified atom stereocenters. The molecule has 2 aliphatic rings. The van der Waals surface area contributed by atoms with Crippen LogP contribution in [0, 0.1) is 5.92 Å². The molecule has 2 fully saturated rings. The Morgan fingerprint density at radius 2 is 1.83 bits per heavy atom. The van der Waals surface area contributed by atoms with E-state index in [4.69, 9.17) is 5.73 Å². The molecule has 1 aromatic rings. The van der Waals surface area contributed by atoms with Gasteiger partial charge in [0.05, 0.1) is 5.54 Å². The van der Waals surface area contributed by atoms with Gasteiger partial charge in [-0.2, -0.15) is 0 Å². The van der Waals surface area contributed by atoms with E-state index in [9.17, 15) is 4.79 Å². The van der Waals surface area contributed by atoms with Crippen LogP contribution in [0.15, 0.2) is 24.3 Å². The Labute approximate surface area is 145 Å². The van der Waals surface area contributed by atoms with E-state index >= 15 is 0 Å². The summed E-state index contributed by atoms with van der Waals surface area (Å²) in [6.07, 6.45) is 6.32. The molecule has 1 saturated heterocycles. The number of carbonyl (C=O) groups excluding carboxylic acids is 1. The summed E-state index contributed by atoms with van der Waals surface area (Å²) in [6.45, 7) is 6.25. The Kier molecular flexibility index (Phi) is 5.57. The maximum atomic E-state index is 12.4. The molecule has 1 aliphatic carbocycles. The lowest BCUT2D eigenvalue weighted by atomic mass is 9.97. The van der Waals surface area contributed by atoms with Gasteiger partial charge in [-0.3, -0.25) is 9.69 Å². The summed E-state index contributed by atoms with van der Waals surface area (Å²) in [7, 11) is 0. The number of nitrogens with zero attached hydrogens (tertiary/aromatic N) is 1. The number of nitrogens with two attached hydrogens (primary N) is 1. The number of piperidine rings is 1. The van der Waals surface area contributed by atoms with Gasteiger partial charge < -0.3 is 11.1 Å². The number of carbonyl (C=O) groups is 1. The van der Waals surface area contributed by atoms with Crippen molar-refractivity contribution in [1.82, 2.24) is 10.2 Å². The molecule has 0 bridgehead atoms. The smallest absolute Gasteiger partial charge is 0.240 e. The number of hydrogen-bond donors (Lipinski definition) is 2. The highest BCUT2D eigenvalue weighted by Gasteiger charge is 2.36. The van der Waals surface area contributed by atoms with E-state index in [0.717, 1.165) is 38.1 Å². The quantitative estimate of drug-likeness (QED) is 0.873. The van der Waals surface area contributed by atoms with Gasteiger partial charge in [0.1, 0.15) is 0 Å². The summed E-state index contributed by atoms with van der Waals surface area (Å²) in [4.78, 5) is 15.0. The molecule has 0 atom stereocenters. The summed E-state index contributed by atoms with van der Waals surface area (Å²) in [6, 6.07) is 8.46. The minimum atomic E-state index is -0.641. The zero-order chi connectivity index (χ0) is 17.0. The molecule has 4 nitrogen and oxygen atoms in total. The number of rotatable bonds is 5. The lowest BCUT2D eigenvalue weighted by molar-refractivity contribution is -0.126. The predicted octanol–water partition coefficient (Wildman–Crippen LogP) is 2.81. The van der Waals surface area contributed by atoms with Crippen LogP contribution in [-0.2, 0) is 17.9 Å². The van der Waals surface area contributed by atoms with Gasteiger partial charge in [0, 0.05) is 13.1 Å². The fourth-order valence-corrected chi connectivity index (χ4v) is 3.93. The van der Waals surface area contributed by atoms with E-state index < -0.39 is 5.54 Å². The average molecular weight is 329 g/mol. The van der Waals surface area contributed by atoms with Crippen LogP contribution in [0.4, 0.5) is 0 Å². The Hall–Kier alpha value is -1.39. The van der Waals surface area contributed by atoms with E-state index in [1.807, 2.05) is 0 Å². The first-order chi connectivity index (χ1) is 11.6. The second kappa shape index (κ2) is 7.66. The minimum Gasteiger partial charge on any atom is -0.350 e. The SMILES string of the molecule is CC1CCN(Cc2ccccc2CNC(=O)C2(N)CCCC2)CC1. The fourth-order valence-electron chi connectivity index (χ4n) is 3.93. The molecule has 24 heavy (non-hydrogen) atoms. The Morgan fingerprint density at radius 1 is 1.21 bits per heavy atom. The van der Waals surface area contributed by atoms with Crippen LogP contribution >= 0.6 is 0 Å². The largest absolute Gasteiger partial charge is 0.350 e. The van der Waals surface area contributed by atoms with Gasteiger partial charge in [-0.1, -0.05) is 44.0 Å². The monoisotopic (exact) mass is 329 g/mol. The molecular weight excluding hydrogens is 298 g/mol. The van der Waals surface area contributed by atoms with Gasteiger partial charge in [-0.15, -0.1) is 0 Å². The molecule has 1 aliphatic heterocycles. The summed E-state index contributed by atoms with van der Waals surface area (Å²) in [5, 5.41) is 3.08. The van der Waals surface area contributed by atoms with Crippen LogP contribution in [0.2, 0.25) is 0 Å². The van der Waals surface area contributed by atoms with E-state index in [2.05, 4.69) is 41.4 Å². The molecular formula is C20H31N3O. The van der Waals surface area contributed by atoms with Crippen LogP contribution in [0.25, 0.3) is 0 Å². The summed E-state index contributed by atoms with van der Waals surface area (Å²) in [5.74, 6) is 0.865. The number of benzene rings is 1. The number of nitrogens with one attached hydrogen (secondary N) is 1. The molecule has 1 amide bonds. The summed E-state index contributed by atoms with van der Waals surface area (Å²) < 4.78 is 0. The first-order valence-corrected chi connectivity index (χ1v) is 9.43. The van der Waals surface area contributed by atoms with Crippen LogP contribution in [0.5, 0.6) is 0 Å². The zero-order valence-corrected chi connectivity index (χ0v) is 14.9. The van der Waals surface area contributed by atoms with Crippen LogP contribution < -0.4 is 11.1 Å². The van der Waals surface area contributed by atoms with Crippen molar-refractivity contribution < 1.29 is 4.79 Å². The van der Waals surface area contributed by atoms with Gasteiger partial charge in [0.25, 0.3) is 0 Å². The number of hydrogen-bond acceptors (Lipinski definition) is 3. The first-order valence-electron chi connectivity index (χ1n) is 9.43. The maximum Gasteiger partial charge on any atom is 0.240 e. The third-order valence-electron chi connectivity index (χ3n) is 5.78. The standard InChI is InChI=1S/C20H31N3O/c1-16-8-12-23(13-9-16)15-18-7-3-2-6-17(18)14-22-19(24)20(21)10-4-5-11-20/h2-3,6-7,16H,4-5,8-15,21H2,1H3,(H,22,24). The van der Waals surface area contributed by atoms with Crippen molar-refractivity contribution in [3.05, 3.63) is 35.4 Å². The predicted molar refractivity (Wildman–Crippen MR) is 97.4 cm³/mol. The van der Waals surface area contributed by atoms with Crippen LogP contribution in [-0.4, -0.2) is 29.4 Å². The summed E-state index contributed by atoms with van der Waals surface area (Å²) in [5.41, 5.74) is 8.14. The van der Waals surface area contributed by atoms with E-state index in [1.165, 1.54) is 37.1 Å². The van der Waals surface area contributed by atoms with Gasteiger partial charge in [0.15, 0.2) is 0 Å². The van der Waals surface area contributed by atoms with Gasteiger partial charge in [-0.05, 0) is 55.8 Å². The fraction of sp³-hybridized carbons (Fsp3) is 0.650. The first kappa shape index (κ1) is 17.4. The van der Waals surface area contributed by atoms with Crippen molar-refractivity contribution in [1.29, 1.82) is 0 Å². The van der Waals surface area contributed by atoms with E-state index in [1.54, 1.807) is 0 Å². The maximum absolute atomic E-state index is 12.4. The molecule has 1 heterocycles. The molecule has 1 saturated carbocycles. The van der Waals surface area contributed by atoms with Crippen molar-refractivity contribution in [3.63, 3.8) is 0 Å². The third kappa shape index (κ3) is 4.17. The highest BCUT2D eigenvalue weighted by atomic mass is 16.2. The van der Waals surface area contributed by atoms with E-state index in [-0.39, 0.29) is 5.91 Å². The number of likely N-dealkylation sites (tertiary alicyclic amines) is 1. The van der Waals surface area contributed by atoms with Crippen LogP contribution in [0.3, 0.4) is 0 Å². The Morgan fingerprint density at radius 3 is 2.50 bits per heavy atom. The van der Waals surface area contributed by atoms with Crippen molar-refractivity contribution in [2.24, 2.45) is 11.7 Å². The number of amides is 1. The second-order valence-electron chi connectivity index (χ2n) is 7.77. The van der Waals surface area contributed by atoms with Crippen molar-refractivity contribution >= 4 is 5.91 Å². The second-order valence-corrected chi connectivity index (χ2v) is 7.77. The highest BCUT2D eigenvalue weighted by molar-refractivity contribution is 5.86. The minimum absolute atomic E-state index is 0.0154. The van der Waals surface area contributed by atoms with Gasteiger partial charge >= 0.3 is 0 Å². The van der Waals surface area contributed by atoms with Crippen molar-refractivity contribution in [3.8, 4) is 0 Å². The molecule has 1 aromatic carbocycles. The van der Waals surface area contributed by atoms with Crippen molar-refractivity contribution in [2.75, 3.05) is 13.1 Å². The van der Waals surface area contributed by atoms with Crippen molar-refractivity contribution in [2.45, 2.75) is 64.1 Å². The normalized spacial score (nSPS) is 21.8. The molecule has 3 rings (SSSR count). The van der Waals surface area contributed by atoms with E-state index in [0.29, 0.717) is 6.54 Å². The Bertz CT molecular complexity index is 558. The molecule has 4 heteroatoms. The summed E-state index contributed by atoms with van der Waals surface area (Å²) >= 11 is 0. The lowest BCUT2D eigenvalue weighted by Crippen LogP contribution is -2.51. The van der Waals surface area contributed by atoms with Gasteiger partial charge in [0.2, 0.25) is 5.91 Å². The Balaban J connectivity index is 1.58. The average Bonchev–Trinajstić information content (AvgIpc) is 3.04. The topological polar surface area (TPSA) is 58.4 Å². The highest BCUT2D eigenvalue weighted by Crippen LogP contribution is 2.27. The van der Waals surface area contributed by atoms with Gasteiger partial charge in [-0.25, -0.2) is 0 Å². The molecule has 0 spiro atoms. The zero-order valence-electron chi connectivity index (χ0n) is 14.9. The molecule has 0 radical (unpaired) electrons. The third-order valence-corrected chi connectivity index (χ3v) is 5.78. The molecule has 132 valence electrons. The molecule has 3 N–H and O–H groups in total. The lowest BCUT2D eigenvalue weighted by Gasteiger charge is -2.31. The van der Waals surface area contributed by atoms with Crippen LogP contribution in [0.1, 0.15) is 56.6 Å².